The fraction of sp³-hybridized carbons (Fsp3) is 0.560. The molecule has 2 saturated heterocycles. The molecule has 3 amide bonds. The molecule has 0 aromatic heterocycles. The van der Waals surface area contributed by atoms with E-state index in [0.29, 0.717) is 44.8 Å². The lowest BCUT2D eigenvalue weighted by Gasteiger charge is -2.32. The van der Waals surface area contributed by atoms with Gasteiger partial charge in [0.05, 0.1) is 42.0 Å². The molecule has 2 heterocycles. The Labute approximate surface area is 202 Å². The maximum absolute atomic E-state index is 13.5. The van der Waals surface area contributed by atoms with Gasteiger partial charge in [-0.1, -0.05) is 26.0 Å². The van der Waals surface area contributed by atoms with Gasteiger partial charge in [-0.2, -0.15) is 13.2 Å². The number of amides is 3. The Bertz CT molecular complexity index is 992. The normalized spacial score (nSPS) is 23.6. The third kappa shape index (κ3) is 5.22. The van der Waals surface area contributed by atoms with E-state index in [2.05, 4.69) is 5.32 Å². The molecule has 7 nitrogen and oxygen atoms in total. The number of imide groups is 1. The minimum absolute atomic E-state index is 0.00124. The summed E-state index contributed by atoms with van der Waals surface area (Å²) in [5.41, 5.74) is -0.454. The summed E-state index contributed by atoms with van der Waals surface area (Å²) < 4.78 is 45.8. The van der Waals surface area contributed by atoms with E-state index in [4.69, 9.17) is 4.74 Å². The van der Waals surface area contributed by atoms with Crippen LogP contribution in [0, 0.1) is 17.8 Å². The van der Waals surface area contributed by atoms with Crippen molar-refractivity contribution in [3.63, 3.8) is 0 Å². The molecule has 4 rings (SSSR count). The van der Waals surface area contributed by atoms with Gasteiger partial charge in [0.1, 0.15) is 6.04 Å². The molecule has 1 aromatic rings. The number of benzene rings is 1. The number of carbonyl (C=O) groups excluding carboxylic acids is 3. The number of alkyl halides is 3. The predicted octanol–water partition coefficient (Wildman–Crippen LogP) is 3.85. The van der Waals surface area contributed by atoms with Gasteiger partial charge in [0.2, 0.25) is 17.7 Å². The second-order valence-corrected chi connectivity index (χ2v) is 9.67. The SMILES string of the molecule is CC(C)C[C@H](C(=O)Nc1cc(C(F)(F)F)ccc1N1CCOCC1)N1C(=O)[C@H]2CC=CC[C@@H]2C1=O. The molecule has 35 heavy (non-hydrogen) atoms. The van der Waals surface area contributed by atoms with Crippen LogP contribution in [-0.4, -0.2) is 55.0 Å². The lowest BCUT2D eigenvalue weighted by atomic mass is 9.85. The van der Waals surface area contributed by atoms with Gasteiger partial charge in [0.25, 0.3) is 0 Å². The van der Waals surface area contributed by atoms with Crippen LogP contribution in [0.15, 0.2) is 30.4 Å². The number of fused-ring (bicyclic) bond motifs is 1. The molecular formula is C25H30F3N3O4. The summed E-state index contributed by atoms with van der Waals surface area (Å²) in [6, 6.07) is 2.13. The highest BCUT2D eigenvalue weighted by Crippen LogP contribution is 2.39. The lowest BCUT2D eigenvalue weighted by Crippen LogP contribution is -2.48. The van der Waals surface area contributed by atoms with Crippen LogP contribution in [0.1, 0.15) is 38.7 Å². The van der Waals surface area contributed by atoms with E-state index in [1.807, 2.05) is 30.9 Å². The van der Waals surface area contributed by atoms with E-state index in [1.54, 1.807) is 0 Å². The quantitative estimate of drug-likeness (QED) is 0.481. The zero-order valence-corrected chi connectivity index (χ0v) is 19.8. The summed E-state index contributed by atoms with van der Waals surface area (Å²) in [7, 11) is 0. The number of halogens is 3. The Morgan fingerprint density at radius 2 is 1.69 bits per heavy atom. The number of nitrogens with one attached hydrogen (secondary N) is 1. The first-order valence-corrected chi connectivity index (χ1v) is 11.9. The zero-order chi connectivity index (χ0) is 25.3. The van der Waals surface area contributed by atoms with Gasteiger partial charge in [-0.25, -0.2) is 0 Å². The fourth-order valence-corrected chi connectivity index (χ4v) is 5.02. The van der Waals surface area contributed by atoms with Crippen LogP contribution in [0.2, 0.25) is 0 Å². The van der Waals surface area contributed by atoms with E-state index < -0.39 is 35.5 Å². The minimum Gasteiger partial charge on any atom is -0.378 e. The van der Waals surface area contributed by atoms with Crippen LogP contribution >= 0.6 is 0 Å². The van der Waals surface area contributed by atoms with Crippen molar-refractivity contribution in [2.75, 3.05) is 36.5 Å². The largest absolute Gasteiger partial charge is 0.416 e. The van der Waals surface area contributed by atoms with Crippen LogP contribution < -0.4 is 10.2 Å². The van der Waals surface area contributed by atoms with Crippen LogP contribution in [-0.2, 0) is 25.3 Å². The molecule has 1 aromatic carbocycles. The Balaban J connectivity index is 1.66. The number of hydrogen-bond acceptors (Lipinski definition) is 5. The van der Waals surface area contributed by atoms with E-state index in [9.17, 15) is 27.6 Å². The summed E-state index contributed by atoms with van der Waals surface area (Å²) in [6.45, 7) is 5.48. The number of allylic oxidation sites excluding steroid dienone is 2. The van der Waals surface area contributed by atoms with E-state index in [0.717, 1.165) is 17.0 Å². The third-order valence-corrected chi connectivity index (χ3v) is 6.78. The van der Waals surface area contributed by atoms with Crippen molar-refractivity contribution in [3.8, 4) is 0 Å². The van der Waals surface area contributed by atoms with Gasteiger partial charge < -0.3 is 15.0 Å². The monoisotopic (exact) mass is 493 g/mol. The molecule has 3 aliphatic rings. The van der Waals surface area contributed by atoms with Crippen LogP contribution in [0.4, 0.5) is 24.5 Å². The van der Waals surface area contributed by atoms with Crippen molar-refractivity contribution in [1.29, 1.82) is 0 Å². The molecule has 10 heteroatoms. The second-order valence-electron chi connectivity index (χ2n) is 9.67. The molecule has 0 spiro atoms. The molecule has 0 saturated carbocycles. The van der Waals surface area contributed by atoms with Crippen molar-refractivity contribution in [2.24, 2.45) is 17.8 Å². The maximum atomic E-state index is 13.5. The minimum atomic E-state index is -4.59. The zero-order valence-electron chi connectivity index (χ0n) is 19.8. The standard InChI is InChI=1S/C25H30F3N3O4/c1-15(2)13-21(31-23(33)17-5-3-4-6-18(17)24(31)34)22(32)29-19-14-16(25(26,27)28)7-8-20(19)30-9-11-35-12-10-30/h3-4,7-8,14-15,17-18,21H,5-6,9-13H2,1-2H3,(H,29,32)/t17-,18-,21+/m0/s1. The van der Waals surface area contributed by atoms with Gasteiger partial charge in [0.15, 0.2) is 0 Å². The first-order valence-electron chi connectivity index (χ1n) is 11.9. The second kappa shape index (κ2) is 10.0. The van der Waals surface area contributed by atoms with E-state index in [1.165, 1.54) is 6.07 Å². The van der Waals surface area contributed by atoms with Crippen LogP contribution in [0.3, 0.4) is 0 Å². The number of carbonyl (C=O) groups is 3. The Kier molecular flexibility index (Phi) is 7.21. The van der Waals surface area contributed by atoms with Crippen molar-refractivity contribution in [2.45, 2.75) is 45.3 Å². The Morgan fingerprint density at radius 3 is 2.23 bits per heavy atom. The number of rotatable bonds is 6. The molecule has 190 valence electrons. The van der Waals surface area contributed by atoms with Gasteiger partial charge in [-0.15, -0.1) is 0 Å². The molecular weight excluding hydrogens is 463 g/mol. The molecule has 0 radical (unpaired) electrons. The van der Waals surface area contributed by atoms with Crippen molar-refractivity contribution < 1.29 is 32.3 Å². The maximum Gasteiger partial charge on any atom is 0.416 e. The highest BCUT2D eigenvalue weighted by atomic mass is 19.4. The first kappa shape index (κ1) is 25.2. The highest BCUT2D eigenvalue weighted by molar-refractivity contribution is 6.10. The van der Waals surface area contributed by atoms with Gasteiger partial charge in [-0.05, 0) is 43.4 Å². The van der Waals surface area contributed by atoms with Crippen molar-refractivity contribution in [3.05, 3.63) is 35.9 Å². The Hall–Kier alpha value is -2.88. The Morgan fingerprint density at radius 1 is 1.09 bits per heavy atom. The van der Waals surface area contributed by atoms with E-state index >= 15 is 0 Å². The summed E-state index contributed by atoms with van der Waals surface area (Å²) in [6.07, 6.45) is 0.230. The fourth-order valence-electron chi connectivity index (χ4n) is 5.02. The van der Waals surface area contributed by atoms with Gasteiger partial charge in [-0.3, -0.25) is 19.3 Å². The average molecular weight is 494 g/mol. The number of morpholine rings is 1. The molecule has 0 bridgehead atoms. The summed E-state index contributed by atoms with van der Waals surface area (Å²) >= 11 is 0. The highest BCUT2D eigenvalue weighted by Gasteiger charge is 2.51. The van der Waals surface area contributed by atoms with Crippen molar-refractivity contribution >= 4 is 29.1 Å². The van der Waals surface area contributed by atoms with Gasteiger partial charge >= 0.3 is 6.18 Å². The summed E-state index contributed by atoms with van der Waals surface area (Å²) in [5, 5.41) is 2.64. The van der Waals surface area contributed by atoms with Crippen LogP contribution in [0.5, 0.6) is 0 Å². The lowest BCUT2D eigenvalue weighted by molar-refractivity contribution is -0.147. The molecule has 0 unspecified atom stereocenters. The molecule has 2 fully saturated rings. The van der Waals surface area contributed by atoms with Gasteiger partial charge in [0, 0.05) is 13.1 Å². The number of likely N-dealkylation sites (tertiary alicyclic amines) is 1. The van der Waals surface area contributed by atoms with E-state index in [-0.39, 0.29) is 29.8 Å². The predicted molar refractivity (Wildman–Crippen MR) is 124 cm³/mol. The smallest absolute Gasteiger partial charge is 0.378 e. The number of anilines is 2. The third-order valence-electron chi connectivity index (χ3n) is 6.78. The molecule has 2 aliphatic heterocycles. The topological polar surface area (TPSA) is 79.0 Å². The molecule has 1 N–H and O–H groups in total. The molecule has 3 atom stereocenters. The van der Waals surface area contributed by atoms with Crippen LogP contribution in [0.25, 0.3) is 0 Å². The van der Waals surface area contributed by atoms with Crippen molar-refractivity contribution in [1.82, 2.24) is 4.90 Å². The summed E-state index contributed by atoms with van der Waals surface area (Å²) in [5.74, 6) is -2.46. The number of nitrogens with zero attached hydrogens (tertiary/aromatic N) is 2. The first-order chi connectivity index (χ1) is 16.6. The summed E-state index contributed by atoms with van der Waals surface area (Å²) in [4.78, 5) is 42.7. The molecule has 1 aliphatic carbocycles. The number of ether oxygens (including phenoxy) is 1. The average Bonchev–Trinajstić information content (AvgIpc) is 3.07. The number of hydrogen-bond donors (Lipinski definition) is 1.